The van der Waals surface area contributed by atoms with Gasteiger partial charge in [0, 0.05) is 41.5 Å². The zero-order valence-electron chi connectivity index (χ0n) is 16.9. The van der Waals surface area contributed by atoms with Crippen LogP contribution in [0.2, 0.25) is 5.02 Å². The number of nitrogens with zero attached hydrogens (tertiary/aromatic N) is 4. The first kappa shape index (κ1) is 19.5. The van der Waals surface area contributed by atoms with Gasteiger partial charge in [0.2, 0.25) is 11.9 Å². The summed E-state index contributed by atoms with van der Waals surface area (Å²) in [4.78, 5) is 14.1. The summed E-state index contributed by atoms with van der Waals surface area (Å²) in [5.41, 5.74) is 8.45. The average molecular weight is 428 g/mol. The number of aromatic nitrogens is 4. The standard InChI is InChI=1S/C21H26ClN7O/c1-21(5-7-30-8-6-21)28-19-24-12-17-18(27-19)29(16-10-14(23)11-16)20(26-17)25-15-4-2-3-13(22)9-15/h2-4,9,12,14,16H,5-8,10-11,23H2,1H3,(H,25,26)(H,24,27,28). The number of fused-ring (bicyclic) bond motifs is 1. The molecule has 1 aromatic carbocycles. The summed E-state index contributed by atoms with van der Waals surface area (Å²) in [5.74, 6) is 1.35. The highest BCUT2D eigenvalue weighted by atomic mass is 35.5. The summed E-state index contributed by atoms with van der Waals surface area (Å²) < 4.78 is 7.65. The van der Waals surface area contributed by atoms with Crippen LogP contribution in [0.4, 0.5) is 17.6 Å². The normalized spacial score (nSPS) is 23.2. The minimum absolute atomic E-state index is 0.0720. The molecule has 0 radical (unpaired) electrons. The Hall–Kier alpha value is -2.42. The van der Waals surface area contributed by atoms with Gasteiger partial charge in [-0.3, -0.25) is 4.57 Å². The predicted octanol–water partition coefficient (Wildman–Crippen LogP) is 3.87. The monoisotopic (exact) mass is 427 g/mol. The number of hydrogen-bond acceptors (Lipinski definition) is 7. The first-order valence-corrected chi connectivity index (χ1v) is 10.8. The predicted molar refractivity (Wildman–Crippen MR) is 118 cm³/mol. The van der Waals surface area contributed by atoms with Crippen LogP contribution >= 0.6 is 11.6 Å². The molecule has 158 valence electrons. The molecule has 4 N–H and O–H groups in total. The van der Waals surface area contributed by atoms with E-state index in [0.29, 0.717) is 11.0 Å². The van der Waals surface area contributed by atoms with Gasteiger partial charge in [-0.15, -0.1) is 0 Å². The fourth-order valence-corrected chi connectivity index (χ4v) is 4.33. The molecule has 0 amide bonds. The largest absolute Gasteiger partial charge is 0.381 e. The Morgan fingerprint density at radius 1 is 1.23 bits per heavy atom. The maximum Gasteiger partial charge on any atom is 0.225 e. The van der Waals surface area contributed by atoms with E-state index in [1.807, 2.05) is 24.3 Å². The van der Waals surface area contributed by atoms with Gasteiger partial charge in [-0.1, -0.05) is 17.7 Å². The topological polar surface area (TPSA) is 103 Å². The molecule has 0 unspecified atom stereocenters. The molecule has 8 nitrogen and oxygen atoms in total. The fraction of sp³-hybridized carbons (Fsp3) is 0.476. The Bertz CT molecular complexity index is 1060. The fourth-order valence-electron chi connectivity index (χ4n) is 4.14. The summed E-state index contributed by atoms with van der Waals surface area (Å²) in [6, 6.07) is 8.07. The van der Waals surface area contributed by atoms with Crippen molar-refractivity contribution in [2.75, 3.05) is 23.8 Å². The molecule has 1 aliphatic carbocycles. The number of anilines is 3. The van der Waals surface area contributed by atoms with E-state index in [1.165, 1.54) is 0 Å². The molecule has 1 aliphatic heterocycles. The minimum atomic E-state index is -0.0720. The van der Waals surface area contributed by atoms with Crippen LogP contribution in [-0.2, 0) is 4.74 Å². The lowest BCUT2D eigenvalue weighted by Crippen LogP contribution is -2.41. The van der Waals surface area contributed by atoms with Crippen LogP contribution in [0.15, 0.2) is 30.5 Å². The van der Waals surface area contributed by atoms with Crippen LogP contribution in [0.3, 0.4) is 0 Å². The number of nitrogens with two attached hydrogens (primary N) is 1. The summed E-state index contributed by atoms with van der Waals surface area (Å²) in [6.45, 7) is 3.69. The van der Waals surface area contributed by atoms with Crippen molar-refractivity contribution in [3.05, 3.63) is 35.5 Å². The maximum atomic E-state index is 6.15. The van der Waals surface area contributed by atoms with E-state index in [2.05, 4.69) is 27.1 Å². The molecular weight excluding hydrogens is 402 g/mol. The van der Waals surface area contributed by atoms with Gasteiger partial charge in [-0.2, -0.15) is 4.98 Å². The quantitative estimate of drug-likeness (QED) is 0.567. The van der Waals surface area contributed by atoms with Gasteiger partial charge < -0.3 is 21.1 Å². The van der Waals surface area contributed by atoms with Crippen molar-refractivity contribution in [2.24, 2.45) is 5.73 Å². The molecule has 3 heterocycles. The molecule has 1 saturated heterocycles. The Kier molecular flexibility index (Phi) is 5.00. The third-order valence-corrected chi connectivity index (χ3v) is 6.27. The van der Waals surface area contributed by atoms with Crippen molar-refractivity contribution in [1.82, 2.24) is 19.5 Å². The number of benzene rings is 1. The van der Waals surface area contributed by atoms with E-state index in [0.717, 1.165) is 61.7 Å². The molecule has 0 spiro atoms. The van der Waals surface area contributed by atoms with Gasteiger partial charge >= 0.3 is 0 Å². The second-order valence-electron chi connectivity index (χ2n) is 8.53. The molecule has 9 heteroatoms. The summed E-state index contributed by atoms with van der Waals surface area (Å²) in [6.07, 6.45) is 5.43. The number of ether oxygens (including phenoxy) is 1. The molecule has 5 rings (SSSR count). The lowest BCUT2D eigenvalue weighted by molar-refractivity contribution is 0.0656. The zero-order chi connectivity index (χ0) is 20.7. The lowest BCUT2D eigenvalue weighted by Gasteiger charge is -2.35. The zero-order valence-corrected chi connectivity index (χ0v) is 17.7. The third kappa shape index (κ3) is 3.82. The number of hydrogen-bond donors (Lipinski definition) is 3. The van der Waals surface area contributed by atoms with E-state index < -0.39 is 0 Å². The smallest absolute Gasteiger partial charge is 0.225 e. The van der Waals surface area contributed by atoms with Crippen LogP contribution in [0.1, 0.15) is 38.6 Å². The van der Waals surface area contributed by atoms with Crippen LogP contribution in [0.5, 0.6) is 0 Å². The summed E-state index contributed by atoms with van der Waals surface area (Å²) >= 11 is 6.15. The van der Waals surface area contributed by atoms with E-state index in [4.69, 9.17) is 32.0 Å². The average Bonchev–Trinajstić information content (AvgIpc) is 3.02. The van der Waals surface area contributed by atoms with Crippen molar-refractivity contribution < 1.29 is 4.74 Å². The van der Waals surface area contributed by atoms with E-state index in [1.54, 1.807) is 6.20 Å². The van der Waals surface area contributed by atoms with Crippen LogP contribution < -0.4 is 16.4 Å². The Balaban J connectivity index is 1.51. The lowest BCUT2D eigenvalue weighted by atomic mass is 9.87. The number of halogens is 1. The number of rotatable bonds is 5. The maximum absolute atomic E-state index is 6.15. The Morgan fingerprint density at radius 3 is 2.77 bits per heavy atom. The summed E-state index contributed by atoms with van der Waals surface area (Å²) in [7, 11) is 0. The molecule has 2 fully saturated rings. The van der Waals surface area contributed by atoms with Gasteiger partial charge in [0.1, 0.15) is 5.52 Å². The molecule has 3 aromatic rings. The highest BCUT2D eigenvalue weighted by Gasteiger charge is 2.32. The van der Waals surface area contributed by atoms with Crippen molar-refractivity contribution in [2.45, 2.75) is 50.2 Å². The Morgan fingerprint density at radius 2 is 2.03 bits per heavy atom. The highest BCUT2D eigenvalue weighted by Crippen LogP contribution is 2.37. The van der Waals surface area contributed by atoms with Crippen LogP contribution in [0.25, 0.3) is 11.2 Å². The SMILES string of the molecule is CC1(Nc2ncc3nc(Nc4cccc(Cl)c4)n(C4CC(N)C4)c3n2)CCOCC1. The molecule has 2 aliphatic rings. The molecular formula is C21H26ClN7O. The van der Waals surface area contributed by atoms with Crippen LogP contribution in [0, 0.1) is 0 Å². The first-order valence-electron chi connectivity index (χ1n) is 10.4. The van der Waals surface area contributed by atoms with Crippen molar-refractivity contribution >= 4 is 40.3 Å². The van der Waals surface area contributed by atoms with Gasteiger partial charge in [-0.05, 0) is 50.8 Å². The molecule has 0 atom stereocenters. The highest BCUT2D eigenvalue weighted by molar-refractivity contribution is 6.30. The van der Waals surface area contributed by atoms with E-state index >= 15 is 0 Å². The van der Waals surface area contributed by atoms with Gasteiger partial charge in [0.05, 0.1) is 6.20 Å². The van der Waals surface area contributed by atoms with Gasteiger partial charge in [-0.25, -0.2) is 9.97 Å². The van der Waals surface area contributed by atoms with E-state index in [-0.39, 0.29) is 17.6 Å². The summed E-state index contributed by atoms with van der Waals surface area (Å²) in [5, 5.41) is 7.59. The molecule has 0 bridgehead atoms. The first-order chi connectivity index (χ1) is 14.5. The van der Waals surface area contributed by atoms with Crippen LogP contribution in [-0.4, -0.2) is 44.3 Å². The third-order valence-electron chi connectivity index (χ3n) is 6.04. The second-order valence-corrected chi connectivity index (χ2v) is 8.96. The second kappa shape index (κ2) is 7.68. The molecule has 1 saturated carbocycles. The van der Waals surface area contributed by atoms with Crippen molar-refractivity contribution in [3.8, 4) is 0 Å². The Labute approximate surface area is 180 Å². The molecule has 2 aromatic heterocycles. The van der Waals surface area contributed by atoms with Crippen molar-refractivity contribution in [1.29, 1.82) is 0 Å². The number of imidazole rings is 1. The van der Waals surface area contributed by atoms with E-state index in [9.17, 15) is 0 Å². The minimum Gasteiger partial charge on any atom is -0.381 e. The van der Waals surface area contributed by atoms with Gasteiger partial charge in [0.15, 0.2) is 5.65 Å². The number of nitrogens with one attached hydrogen (secondary N) is 2. The van der Waals surface area contributed by atoms with Gasteiger partial charge in [0.25, 0.3) is 0 Å². The van der Waals surface area contributed by atoms with Crippen molar-refractivity contribution in [3.63, 3.8) is 0 Å². The molecule has 30 heavy (non-hydrogen) atoms.